The van der Waals surface area contributed by atoms with Crippen LogP contribution in [0.4, 0.5) is 11.4 Å². The quantitative estimate of drug-likeness (QED) is 0.784. The number of nitrogen functional groups attached to an aromatic ring is 1. The van der Waals surface area contributed by atoms with Crippen LogP contribution in [0.5, 0.6) is 0 Å². The minimum absolute atomic E-state index is 0.182. The minimum atomic E-state index is -0.427. The van der Waals surface area contributed by atoms with Gasteiger partial charge in [-0.1, -0.05) is 23.2 Å². The van der Waals surface area contributed by atoms with Gasteiger partial charge in [0.25, 0.3) is 5.91 Å². The normalized spacial score (nSPS) is 10.2. The van der Waals surface area contributed by atoms with Crippen molar-refractivity contribution in [2.45, 2.75) is 0 Å². The molecule has 4 N–H and O–H groups in total. The van der Waals surface area contributed by atoms with Gasteiger partial charge in [0.05, 0.1) is 22.6 Å². The predicted octanol–water partition coefficient (Wildman–Crippen LogP) is 2.55. The van der Waals surface area contributed by atoms with Crippen LogP contribution < -0.4 is 11.1 Å². The zero-order valence-corrected chi connectivity index (χ0v) is 10.0. The maximum Gasteiger partial charge on any atom is 0.275 e. The molecule has 17 heavy (non-hydrogen) atoms. The molecule has 0 saturated heterocycles. The topological polar surface area (TPSA) is 83.8 Å². The van der Waals surface area contributed by atoms with E-state index < -0.39 is 5.91 Å². The van der Waals surface area contributed by atoms with Crippen molar-refractivity contribution in [2.75, 3.05) is 11.1 Å². The van der Waals surface area contributed by atoms with Crippen molar-refractivity contribution in [1.82, 2.24) is 10.2 Å². The number of benzene rings is 1. The molecule has 0 aliphatic rings. The highest BCUT2D eigenvalue weighted by molar-refractivity contribution is 6.35. The molecule has 2 rings (SSSR count). The molecule has 0 saturated carbocycles. The fraction of sp³-hybridized carbons (Fsp3) is 0. The van der Waals surface area contributed by atoms with Gasteiger partial charge in [-0.2, -0.15) is 5.10 Å². The van der Waals surface area contributed by atoms with Gasteiger partial charge in [0.1, 0.15) is 5.69 Å². The molecule has 0 aliphatic carbocycles. The summed E-state index contributed by atoms with van der Waals surface area (Å²) in [6, 6.07) is 4.77. The van der Waals surface area contributed by atoms with Crippen LogP contribution in [-0.4, -0.2) is 16.1 Å². The zero-order chi connectivity index (χ0) is 12.4. The Kier molecular flexibility index (Phi) is 3.21. The third-order valence-electron chi connectivity index (χ3n) is 2.07. The van der Waals surface area contributed by atoms with E-state index in [2.05, 4.69) is 15.5 Å². The number of anilines is 2. The molecule has 1 aromatic heterocycles. The number of aromatic amines is 1. The molecule has 0 spiro atoms. The van der Waals surface area contributed by atoms with E-state index >= 15 is 0 Å². The van der Waals surface area contributed by atoms with Crippen molar-refractivity contribution < 1.29 is 4.79 Å². The van der Waals surface area contributed by atoms with Crippen LogP contribution in [0.3, 0.4) is 0 Å². The molecule has 0 fully saturated rings. The summed E-state index contributed by atoms with van der Waals surface area (Å²) in [5.74, 6) is -0.427. The lowest BCUT2D eigenvalue weighted by Crippen LogP contribution is -2.14. The molecule has 0 atom stereocenters. The highest BCUT2D eigenvalue weighted by Gasteiger charge is 2.13. The van der Waals surface area contributed by atoms with Gasteiger partial charge in [-0.15, -0.1) is 0 Å². The maximum absolute atomic E-state index is 11.8. The first-order chi connectivity index (χ1) is 8.08. The summed E-state index contributed by atoms with van der Waals surface area (Å²) in [4.78, 5) is 11.8. The summed E-state index contributed by atoms with van der Waals surface area (Å²) in [5.41, 5.74) is 6.41. The lowest BCUT2D eigenvalue weighted by Gasteiger charge is -2.06. The monoisotopic (exact) mass is 270 g/mol. The molecule has 0 unspecified atom stereocenters. The standard InChI is InChI=1S/C10H8Cl2N4O/c11-5-1-2-6(12)8(3-5)15-10(17)9-7(13)4-14-16-9/h1-4H,13H2,(H,14,16)(H,15,17). The van der Waals surface area contributed by atoms with Crippen LogP contribution in [0.25, 0.3) is 0 Å². The maximum atomic E-state index is 11.8. The van der Waals surface area contributed by atoms with Gasteiger partial charge in [-0.3, -0.25) is 9.89 Å². The van der Waals surface area contributed by atoms with E-state index in [1.807, 2.05) is 0 Å². The SMILES string of the molecule is Nc1cn[nH]c1C(=O)Nc1cc(Cl)ccc1Cl. The van der Waals surface area contributed by atoms with Crippen molar-refractivity contribution in [3.63, 3.8) is 0 Å². The van der Waals surface area contributed by atoms with Crippen LogP contribution in [-0.2, 0) is 0 Å². The third-order valence-corrected chi connectivity index (χ3v) is 2.64. The molecular weight excluding hydrogens is 263 g/mol. The molecule has 1 amide bonds. The van der Waals surface area contributed by atoms with E-state index in [1.165, 1.54) is 6.20 Å². The molecular formula is C10H8Cl2N4O. The van der Waals surface area contributed by atoms with E-state index in [9.17, 15) is 4.79 Å². The van der Waals surface area contributed by atoms with E-state index in [0.717, 1.165) is 0 Å². The Morgan fingerprint density at radius 1 is 1.41 bits per heavy atom. The van der Waals surface area contributed by atoms with Crippen molar-refractivity contribution in [2.24, 2.45) is 0 Å². The second-order valence-corrected chi connectivity index (χ2v) is 4.12. The molecule has 7 heteroatoms. The summed E-state index contributed by atoms with van der Waals surface area (Å²) >= 11 is 11.7. The van der Waals surface area contributed by atoms with E-state index in [4.69, 9.17) is 28.9 Å². The Morgan fingerprint density at radius 3 is 2.82 bits per heavy atom. The molecule has 0 radical (unpaired) electrons. The van der Waals surface area contributed by atoms with Crippen LogP contribution >= 0.6 is 23.2 Å². The first-order valence-corrected chi connectivity index (χ1v) is 5.39. The van der Waals surface area contributed by atoms with Gasteiger partial charge < -0.3 is 11.1 Å². The second kappa shape index (κ2) is 4.65. The number of hydrogen-bond acceptors (Lipinski definition) is 3. The Balaban J connectivity index is 2.24. The van der Waals surface area contributed by atoms with Gasteiger partial charge in [0.2, 0.25) is 0 Å². The summed E-state index contributed by atoms with van der Waals surface area (Å²) in [6.07, 6.45) is 1.36. The molecule has 1 aromatic carbocycles. The second-order valence-electron chi connectivity index (χ2n) is 3.28. The van der Waals surface area contributed by atoms with Crippen molar-refractivity contribution >= 4 is 40.5 Å². The zero-order valence-electron chi connectivity index (χ0n) is 8.50. The van der Waals surface area contributed by atoms with Gasteiger partial charge in [-0.05, 0) is 18.2 Å². The smallest absolute Gasteiger partial charge is 0.275 e. The van der Waals surface area contributed by atoms with Crippen LogP contribution in [0.1, 0.15) is 10.5 Å². The molecule has 2 aromatic rings. The Morgan fingerprint density at radius 2 is 2.18 bits per heavy atom. The molecule has 1 heterocycles. The predicted molar refractivity (Wildman–Crippen MR) is 67.4 cm³/mol. The van der Waals surface area contributed by atoms with E-state index in [1.54, 1.807) is 18.2 Å². The number of hydrogen-bond donors (Lipinski definition) is 3. The lowest BCUT2D eigenvalue weighted by molar-refractivity contribution is 0.102. The average molecular weight is 271 g/mol. The van der Waals surface area contributed by atoms with Crippen molar-refractivity contribution in [3.8, 4) is 0 Å². The van der Waals surface area contributed by atoms with Gasteiger partial charge in [-0.25, -0.2) is 0 Å². The van der Waals surface area contributed by atoms with Crippen LogP contribution in [0, 0.1) is 0 Å². The third kappa shape index (κ3) is 2.51. The van der Waals surface area contributed by atoms with Gasteiger partial charge in [0, 0.05) is 5.02 Å². The molecule has 5 nitrogen and oxygen atoms in total. The van der Waals surface area contributed by atoms with E-state index in [0.29, 0.717) is 15.7 Å². The number of nitrogens with zero attached hydrogens (tertiary/aromatic N) is 1. The number of H-pyrrole nitrogens is 1. The highest BCUT2D eigenvalue weighted by atomic mass is 35.5. The lowest BCUT2D eigenvalue weighted by atomic mass is 10.3. The summed E-state index contributed by atoms with van der Waals surface area (Å²) in [5, 5.41) is 9.60. The molecule has 0 bridgehead atoms. The molecule has 88 valence electrons. The Labute approximate surface area is 107 Å². The van der Waals surface area contributed by atoms with Crippen molar-refractivity contribution in [3.05, 3.63) is 40.1 Å². The van der Waals surface area contributed by atoms with E-state index in [-0.39, 0.29) is 11.4 Å². The fourth-order valence-electron chi connectivity index (χ4n) is 1.26. The highest BCUT2D eigenvalue weighted by Crippen LogP contribution is 2.26. The minimum Gasteiger partial charge on any atom is -0.396 e. The molecule has 0 aliphatic heterocycles. The van der Waals surface area contributed by atoms with Crippen LogP contribution in [0.2, 0.25) is 10.0 Å². The van der Waals surface area contributed by atoms with Gasteiger partial charge >= 0.3 is 0 Å². The number of amides is 1. The number of aromatic nitrogens is 2. The first kappa shape index (κ1) is 11.8. The van der Waals surface area contributed by atoms with Crippen molar-refractivity contribution in [1.29, 1.82) is 0 Å². The number of halogens is 2. The number of rotatable bonds is 2. The largest absolute Gasteiger partial charge is 0.396 e. The number of nitrogens with one attached hydrogen (secondary N) is 2. The number of carbonyl (C=O) groups is 1. The summed E-state index contributed by atoms with van der Waals surface area (Å²) < 4.78 is 0. The van der Waals surface area contributed by atoms with Crippen LogP contribution in [0.15, 0.2) is 24.4 Å². The Hall–Kier alpha value is -1.72. The number of nitrogens with two attached hydrogens (primary N) is 1. The number of carbonyl (C=O) groups excluding carboxylic acids is 1. The van der Waals surface area contributed by atoms with Gasteiger partial charge in [0.15, 0.2) is 0 Å². The first-order valence-electron chi connectivity index (χ1n) is 4.63. The Bertz CT molecular complexity index is 567. The summed E-state index contributed by atoms with van der Waals surface area (Å²) in [7, 11) is 0. The average Bonchev–Trinajstić information content (AvgIpc) is 2.70. The fourth-order valence-corrected chi connectivity index (χ4v) is 1.59. The summed E-state index contributed by atoms with van der Waals surface area (Å²) in [6.45, 7) is 0.